The molecule has 0 atom stereocenters. The van der Waals surface area contributed by atoms with Gasteiger partial charge >= 0.3 is 0 Å². The van der Waals surface area contributed by atoms with Crippen molar-refractivity contribution >= 4 is 34.0 Å². The summed E-state index contributed by atoms with van der Waals surface area (Å²) in [7, 11) is 0. The second kappa shape index (κ2) is 16.8. The van der Waals surface area contributed by atoms with E-state index >= 15 is 0 Å². The zero-order valence-electron chi connectivity index (χ0n) is 37.2. The third kappa shape index (κ3) is 7.19. The van der Waals surface area contributed by atoms with Crippen molar-refractivity contribution in [3.05, 3.63) is 241 Å². The quantitative estimate of drug-likeness (QED) is 0.151. The number of nitrogens with zero attached hydrogens (tertiary/aromatic N) is 8. The third-order valence-electron chi connectivity index (χ3n) is 12.9. The van der Waals surface area contributed by atoms with E-state index < -0.39 is 0 Å². The highest BCUT2D eigenvalue weighted by molar-refractivity contribution is 5.99. The van der Waals surface area contributed by atoms with Gasteiger partial charge in [0.2, 0.25) is 5.95 Å². The fourth-order valence-corrected chi connectivity index (χ4v) is 9.70. The summed E-state index contributed by atoms with van der Waals surface area (Å²) in [5.74, 6) is 3.64. The first-order valence-corrected chi connectivity index (χ1v) is 23.1. The van der Waals surface area contributed by atoms with Gasteiger partial charge in [0.25, 0.3) is 0 Å². The van der Waals surface area contributed by atoms with Crippen LogP contribution in [0.1, 0.15) is 22.5 Å². The summed E-state index contributed by atoms with van der Waals surface area (Å²) in [6.45, 7) is 0. The van der Waals surface area contributed by atoms with E-state index in [-0.39, 0.29) is 0 Å². The normalized spacial score (nSPS) is 11.9. The van der Waals surface area contributed by atoms with E-state index in [4.69, 9.17) is 29.9 Å². The van der Waals surface area contributed by atoms with Crippen LogP contribution in [0.4, 0.5) is 0 Å². The van der Waals surface area contributed by atoms with Crippen LogP contribution >= 0.6 is 0 Å². The SMILES string of the molecule is C1=Cc2c(c3ccccc3n2-c2cccc(-c3nc(-c4ccccc4)nc(-c4cccc(-c5ccccc5)c4)n3)c2)Cc2c1c1ccccc1n2-c1nc(-c2ccccc2)nc(-c2ccccc2)n1. The number of fused-ring (bicyclic) bond motifs is 6. The molecule has 0 spiro atoms. The highest BCUT2D eigenvalue weighted by Crippen LogP contribution is 2.41. The molecule has 12 aromatic rings. The molecule has 0 aliphatic heterocycles. The molecule has 0 unspecified atom stereocenters. The van der Waals surface area contributed by atoms with Crippen LogP contribution in [-0.2, 0) is 6.42 Å². The highest BCUT2D eigenvalue weighted by atomic mass is 15.2. The summed E-state index contributed by atoms with van der Waals surface area (Å²) in [6.07, 6.45) is 5.17. The number of aromatic nitrogens is 8. The molecule has 0 radical (unpaired) electrons. The Morgan fingerprint density at radius 3 is 1.35 bits per heavy atom. The first-order chi connectivity index (χ1) is 34.2. The maximum atomic E-state index is 5.23. The molecule has 0 amide bonds. The van der Waals surface area contributed by atoms with Crippen molar-refractivity contribution in [1.29, 1.82) is 0 Å². The molecule has 0 N–H and O–H groups in total. The average Bonchev–Trinajstić information content (AvgIpc) is 3.84. The van der Waals surface area contributed by atoms with E-state index in [1.807, 2.05) is 97.1 Å². The van der Waals surface area contributed by atoms with Gasteiger partial charge in [0.15, 0.2) is 29.1 Å². The monoisotopic (exact) mass is 884 g/mol. The molecule has 69 heavy (non-hydrogen) atoms. The first kappa shape index (κ1) is 39.9. The van der Waals surface area contributed by atoms with Crippen LogP contribution in [0.2, 0.25) is 0 Å². The molecule has 0 bridgehead atoms. The van der Waals surface area contributed by atoms with Crippen molar-refractivity contribution < 1.29 is 0 Å². The minimum atomic E-state index is 0.576. The largest absolute Gasteiger partial charge is 0.310 e. The molecular weight excluding hydrogens is 845 g/mol. The fraction of sp³-hybridized carbons (Fsp3) is 0.0164. The van der Waals surface area contributed by atoms with Gasteiger partial charge in [-0.05, 0) is 53.1 Å². The van der Waals surface area contributed by atoms with Crippen molar-refractivity contribution in [2.45, 2.75) is 6.42 Å². The first-order valence-electron chi connectivity index (χ1n) is 23.1. The fourth-order valence-electron chi connectivity index (χ4n) is 9.70. The molecule has 4 heterocycles. The summed E-state index contributed by atoms with van der Waals surface area (Å²) in [6, 6.07) is 75.0. The zero-order chi connectivity index (χ0) is 45.7. The Morgan fingerprint density at radius 1 is 0.319 bits per heavy atom. The molecule has 0 saturated heterocycles. The Hall–Kier alpha value is -9.40. The van der Waals surface area contributed by atoms with Crippen molar-refractivity contribution in [1.82, 2.24) is 39.0 Å². The van der Waals surface area contributed by atoms with Crippen LogP contribution in [-0.4, -0.2) is 39.0 Å². The minimum Gasteiger partial charge on any atom is -0.310 e. The molecule has 8 heteroatoms. The van der Waals surface area contributed by atoms with E-state index in [2.05, 4.69) is 143 Å². The summed E-state index contributed by atoms with van der Waals surface area (Å²) in [5.41, 5.74) is 14.5. The van der Waals surface area contributed by atoms with Crippen molar-refractivity contribution in [3.8, 4) is 79.7 Å². The lowest BCUT2D eigenvalue weighted by molar-refractivity contribution is 0.883. The summed E-state index contributed by atoms with van der Waals surface area (Å²) >= 11 is 0. The van der Waals surface area contributed by atoms with E-state index in [1.54, 1.807) is 0 Å². The minimum absolute atomic E-state index is 0.576. The maximum Gasteiger partial charge on any atom is 0.238 e. The van der Waals surface area contributed by atoms with E-state index in [1.165, 1.54) is 10.9 Å². The molecule has 1 aliphatic rings. The van der Waals surface area contributed by atoms with Gasteiger partial charge in [0, 0.05) is 62.0 Å². The highest BCUT2D eigenvalue weighted by Gasteiger charge is 2.27. The molecule has 324 valence electrons. The summed E-state index contributed by atoms with van der Waals surface area (Å²) in [4.78, 5) is 30.9. The summed E-state index contributed by atoms with van der Waals surface area (Å²) < 4.78 is 4.62. The van der Waals surface area contributed by atoms with Gasteiger partial charge in [0.05, 0.1) is 16.7 Å². The van der Waals surface area contributed by atoms with Crippen LogP contribution in [0, 0.1) is 0 Å². The van der Waals surface area contributed by atoms with Crippen LogP contribution < -0.4 is 0 Å². The van der Waals surface area contributed by atoms with Crippen LogP contribution in [0.25, 0.3) is 114 Å². The van der Waals surface area contributed by atoms with Gasteiger partial charge in [-0.15, -0.1) is 0 Å². The number of rotatable bonds is 8. The van der Waals surface area contributed by atoms with Crippen LogP contribution in [0.3, 0.4) is 0 Å². The predicted molar refractivity (Wildman–Crippen MR) is 278 cm³/mol. The molecule has 0 fully saturated rings. The number of para-hydroxylation sites is 2. The number of hydrogen-bond donors (Lipinski definition) is 0. The van der Waals surface area contributed by atoms with Crippen LogP contribution in [0.5, 0.6) is 0 Å². The van der Waals surface area contributed by atoms with Gasteiger partial charge in [0.1, 0.15) is 0 Å². The lowest BCUT2D eigenvalue weighted by Crippen LogP contribution is -2.10. The van der Waals surface area contributed by atoms with Gasteiger partial charge in [-0.2, -0.15) is 9.97 Å². The second-order valence-electron chi connectivity index (χ2n) is 17.1. The van der Waals surface area contributed by atoms with E-state index in [0.717, 1.165) is 78.0 Å². The molecule has 8 nitrogen and oxygen atoms in total. The second-order valence-corrected chi connectivity index (χ2v) is 17.1. The topological polar surface area (TPSA) is 87.2 Å². The van der Waals surface area contributed by atoms with Gasteiger partial charge in [-0.3, -0.25) is 4.57 Å². The summed E-state index contributed by atoms with van der Waals surface area (Å²) in [5, 5.41) is 2.30. The molecule has 13 rings (SSSR count). The smallest absolute Gasteiger partial charge is 0.238 e. The van der Waals surface area contributed by atoms with Gasteiger partial charge in [-0.1, -0.05) is 194 Å². The number of hydrogen-bond acceptors (Lipinski definition) is 6. The Kier molecular flexibility index (Phi) is 9.72. The maximum absolute atomic E-state index is 5.23. The molecule has 1 aliphatic carbocycles. The Morgan fingerprint density at radius 2 is 0.754 bits per heavy atom. The van der Waals surface area contributed by atoms with Crippen molar-refractivity contribution in [3.63, 3.8) is 0 Å². The molecule has 4 aromatic heterocycles. The Bertz CT molecular complexity index is 3860. The zero-order valence-corrected chi connectivity index (χ0v) is 37.2. The average molecular weight is 885 g/mol. The molecule has 8 aromatic carbocycles. The standard InChI is InChI=1S/C61H40N8/c1-5-19-40(20-6-1)44-27-17-28-45(37-44)59-62-56(41-21-7-2-8-22-41)63-60(65-59)46-29-18-30-47(38-46)68-52-33-15-14-32-49(52)51-39-55-50(35-36-54(51)68)48-31-13-16-34-53(48)69(55)61-66-57(42-23-9-3-10-24-42)64-58(67-61)43-25-11-4-12-26-43/h1-38H,39H2. The lowest BCUT2D eigenvalue weighted by atomic mass is 10.0. The van der Waals surface area contributed by atoms with Gasteiger partial charge < -0.3 is 4.57 Å². The lowest BCUT2D eigenvalue weighted by Gasteiger charge is -2.13. The van der Waals surface area contributed by atoms with E-state index in [9.17, 15) is 0 Å². The predicted octanol–water partition coefficient (Wildman–Crippen LogP) is 14.0. The van der Waals surface area contributed by atoms with Crippen molar-refractivity contribution in [2.75, 3.05) is 0 Å². The molecular formula is C61H40N8. The molecule has 0 saturated carbocycles. The van der Waals surface area contributed by atoms with Crippen molar-refractivity contribution in [2.24, 2.45) is 0 Å². The van der Waals surface area contributed by atoms with E-state index in [0.29, 0.717) is 41.5 Å². The van der Waals surface area contributed by atoms with Crippen LogP contribution in [0.15, 0.2) is 218 Å². The Labute approximate surface area is 398 Å². The van der Waals surface area contributed by atoms with Gasteiger partial charge in [-0.25, -0.2) is 19.9 Å². The number of benzene rings is 8. The third-order valence-corrected chi connectivity index (χ3v) is 12.9. The Balaban J connectivity index is 0.962.